The molecule has 0 N–H and O–H groups in total. The van der Waals surface area contributed by atoms with Gasteiger partial charge in [0, 0.05) is 0 Å². The predicted octanol–water partition coefficient (Wildman–Crippen LogP) is 7.33. The molecule has 0 saturated heterocycles. The molecule has 0 radical (unpaired) electrons. The first-order chi connectivity index (χ1) is 13.2. The molecule has 0 bridgehead atoms. The monoisotopic (exact) mass is 348 g/mol. The molecule has 0 atom stereocenters. The summed E-state index contributed by atoms with van der Waals surface area (Å²) in [7, 11) is 0. The fraction of sp³-hybridized carbons (Fsp3) is 0.111. The highest BCUT2D eigenvalue weighted by Gasteiger charge is 2.03. The van der Waals surface area contributed by atoms with Crippen LogP contribution in [0.15, 0.2) is 97.6 Å². The van der Waals surface area contributed by atoms with Crippen molar-refractivity contribution in [1.29, 1.82) is 0 Å². The van der Waals surface area contributed by atoms with E-state index in [9.17, 15) is 0 Å². The molecule has 0 aliphatic carbocycles. The summed E-state index contributed by atoms with van der Waals surface area (Å²) in [5, 5.41) is 2.60. The van der Waals surface area contributed by atoms with Crippen molar-refractivity contribution in [1.82, 2.24) is 0 Å². The Labute approximate surface area is 161 Å². The SMILES string of the molecule is C=C(C)c1ccc(-c2ccc3cc(CCc4ccccc4)ccc3c2)cc1. The molecule has 0 amide bonds. The summed E-state index contributed by atoms with van der Waals surface area (Å²) in [6.45, 7) is 6.05. The van der Waals surface area contributed by atoms with Crippen LogP contribution in [0.4, 0.5) is 0 Å². The van der Waals surface area contributed by atoms with E-state index in [-0.39, 0.29) is 0 Å². The van der Waals surface area contributed by atoms with Gasteiger partial charge in [-0.2, -0.15) is 0 Å². The third-order valence-electron chi connectivity index (χ3n) is 5.16. The van der Waals surface area contributed by atoms with Gasteiger partial charge < -0.3 is 0 Å². The quantitative estimate of drug-likeness (QED) is 0.354. The summed E-state index contributed by atoms with van der Waals surface area (Å²) in [6, 6.07) is 32.9. The third-order valence-corrected chi connectivity index (χ3v) is 5.16. The minimum Gasteiger partial charge on any atom is -0.0955 e. The van der Waals surface area contributed by atoms with Crippen molar-refractivity contribution < 1.29 is 0 Å². The number of aryl methyl sites for hydroxylation is 2. The molecule has 0 heteroatoms. The van der Waals surface area contributed by atoms with Crippen LogP contribution >= 0.6 is 0 Å². The zero-order valence-corrected chi connectivity index (χ0v) is 15.8. The molecule has 0 aliphatic rings. The molecule has 0 spiro atoms. The van der Waals surface area contributed by atoms with E-state index < -0.39 is 0 Å². The Morgan fingerprint density at radius 1 is 0.630 bits per heavy atom. The lowest BCUT2D eigenvalue weighted by Crippen LogP contribution is -1.91. The van der Waals surface area contributed by atoms with Crippen LogP contribution in [0.1, 0.15) is 23.6 Å². The van der Waals surface area contributed by atoms with E-state index in [1.807, 2.05) is 6.92 Å². The predicted molar refractivity (Wildman–Crippen MR) is 118 cm³/mol. The average molecular weight is 348 g/mol. The van der Waals surface area contributed by atoms with Crippen LogP contribution in [0.5, 0.6) is 0 Å². The van der Waals surface area contributed by atoms with Gasteiger partial charge in [0.25, 0.3) is 0 Å². The van der Waals surface area contributed by atoms with Gasteiger partial charge in [-0.1, -0.05) is 97.1 Å². The maximum atomic E-state index is 4.01. The van der Waals surface area contributed by atoms with Gasteiger partial charge in [-0.3, -0.25) is 0 Å². The van der Waals surface area contributed by atoms with Gasteiger partial charge in [0.1, 0.15) is 0 Å². The fourth-order valence-corrected chi connectivity index (χ4v) is 3.51. The Morgan fingerprint density at radius 2 is 1.26 bits per heavy atom. The number of hydrogen-bond acceptors (Lipinski definition) is 0. The van der Waals surface area contributed by atoms with Crippen molar-refractivity contribution in [3.8, 4) is 11.1 Å². The standard InChI is InChI=1S/C27H24/c1-20(2)23-12-14-24(15-13-23)26-17-16-25-18-22(10-11-27(25)19-26)9-8-21-6-4-3-5-7-21/h3-7,10-19H,1,8-9H2,2H3. The lowest BCUT2D eigenvalue weighted by Gasteiger charge is -2.08. The number of allylic oxidation sites excluding steroid dienone is 1. The van der Waals surface area contributed by atoms with Crippen molar-refractivity contribution in [3.63, 3.8) is 0 Å². The van der Waals surface area contributed by atoms with Crippen molar-refractivity contribution >= 4 is 16.3 Å². The summed E-state index contributed by atoms with van der Waals surface area (Å²) >= 11 is 0. The minimum atomic E-state index is 1.07. The second kappa shape index (κ2) is 7.63. The van der Waals surface area contributed by atoms with Crippen LogP contribution in [-0.2, 0) is 12.8 Å². The topological polar surface area (TPSA) is 0 Å². The molecule has 27 heavy (non-hydrogen) atoms. The van der Waals surface area contributed by atoms with Crippen molar-refractivity contribution in [3.05, 3.63) is 114 Å². The van der Waals surface area contributed by atoms with Crippen LogP contribution in [0.25, 0.3) is 27.5 Å². The molecular formula is C27H24. The molecule has 4 aromatic rings. The van der Waals surface area contributed by atoms with Crippen LogP contribution in [0.3, 0.4) is 0 Å². The fourth-order valence-electron chi connectivity index (χ4n) is 3.51. The maximum absolute atomic E-state index is 4.01. The molecule has 4 aromatic carbocycles. The smallest absolute Gasteiger partial charge is 0.0178 e. The first-order valence-electron chi connectivity index (χ1n) is 9.52. The van der Waals surface area contributed by atoms with Gasteiger partial charge in [-0.25, -0.2) is 0 Å². The molecule has 0 aromatic heterocycles. The summed E-state index contributed by atoms with van der Waals surface area (Å²) in [5.41, 5.74) is 7.59. The third kappa shape index (κ3) is 4.01. The lowest BCUT2D eigenvalue weighted by molar-refractivity contribution is 0.962. The molecule has 0 fully saturated rings. The normalized spacial score (nSPS) is 10.9. The van der Waals surface area contributed by atoms with Gasteiger partial charge in [0.15, 0.2) is 0 Å². The van der Waals surface area contributed by atoms with Gasteiger partial charge in [-0.15, -0.1) is 0 Å². The van der Waals surface area contributed by atoms with Crippen molar-refractivity contribution in [2.24, 2.45) is 0 Å². The van der Waals surface area contributed by atoms with E-state index in [0.29, 0.717) is 0 Å². The molecule has 0 saturated carbocycles. The van der Waals surface area contributed by atoms with Gasteiger partial charge in [-0.05, 0) is 64.4 Å². The Balaban J connectivity index is 1.55. The van der Waals surface area contributed by atoms with Crippen LogP contribution < -0.4 is 0 Å². The Hall–Kier alpha value is -3.12. The molecule has 4 rings (SSSR count). The second-order valence-electron chi connectivity index (χ2n) is 7.24. The van der Waals surface area contributed by atoms with Crippen LogP contribution in [0, 0.1) is 0 Å². The van der Waals surface area contributed by atoms with Gasteiger partial charge >= 0.3 is 0 Å². The van der Waals surface area contributed by atoms with E-state index in [4.69, 9.17) is 0 Å². The first kappa shape index (κ1) is 17.3. The van der Waals surface area contributed by atoms with E-state index in [0.717, 1.165) is 18.4 Å². The molecule has 0 heterocycles. The van der Waals surface area contributed by atoms with E-state index in [1.54, 1.807) is 0 Å². The van der Waals surface area contributed by atoms with E-state index in [2.05, 4.69) is 97.6 Å². The molecule has 0 nitrogen and oxygen atoms in total. The number of benzene rings is 4. The van der Waals surface area contributed by atoms with Gasteiger partial charge in [0.05, 0.1) is 0 Å². The molecule has 132 valence electrons. The van der Waals surface area contributed by atoms with E-state index >= 15 is 0 Å². The Bertz CT molecular complexity index is 1070. The Morgan fingerprint density at radius 3 is 2.00 bits per heavy atom. The van der Waals surface area contributed by atoms with Crippen molar-refractivity contribution in [2.45, 2.75) is 19.8 Å². The summed E-state index contributed by atoms with van der Waals surface area (Å²) in [5.74, 6) is 0. The van der Waals surface area contributed by atoms with Crippen molar-refractivity contribution in [2.75, 3.05) is 0 Å². The van der Waals surface area contributed by atoms with Gasteiger partial charge in [0.2, 0.25) is 0 Å². The van der Waals surface area contributed by atoms with Crippen LogP contribution in [-0.4, -0.2) is 0 Å². The summed E-state index contributed by atoms with van der Waals surface area (Å²) < 4.78 is 0. The lowest BCUT2D eigenvalue weighted by atomic mass is 9.97. The Kier molecular flexibility index (Phi) is 4.89. The first-order valence-corrected chi connectivity index (χ1v) is 9.52. The maximum Gasteiger partial charge on any atom is -0.0178 e. The second-order valence-corrected chi connectivity index (χ2v) is 7.24. The minimum absolute atomic E-state index is 1.07. The molecular weight excluding hydrogens is 324 g/mol. The van der Waals surface area contributed by atoms with Crippen LogP contribution in [0.2, 0.25) is 0 Å². The summed E-state index contributed by atoms with van der Waals surface area (Å²) in [6.07, 6.45) is 2.16. The molecule has 0 unspecified atom stereocenters. The highest BCUT2D eigenvalue weighted by molar-refractivity contribution is 5.88. The zero-order chi connectivity index (χ0) is 18.6. The zero-order valence-electron chi connectivity index (χ0n) is 15.8. The highest BCUT2D eigenvalue weighted by Crippen LogP contribution is 2.26. The number of fused-ring (bicyclic) bond motifs is 1. The molecule has 0 aliphatic heterocycles. The highest BCUT2D eigenvalue weighted by atomic mass is 14.1. The largest absolute Gasteiger partial charge is 0.0955 e. The number of hydrogen-bond donors (Lipinski definition) is 0. The summed E-state index contributed by atoms with van der Waals surface area (Å²) in [4.78, 5) is 0. The average Bonchev–Trinajstić information content (AvgIpc) is 2.72. The van der Waals surface area contributed by atoms with E-state index in [1.165, 1.54) is 38.6 Å². The number of rotatable bonds is 5.